The maximum atomic E-state index is 12.8. The molecule has 2 heterocycles. The first-order valence-electron chi connectivity index (χ1n) is 8.49. The van der Waals surface area contributed by atoms with Crippen LogP contribution < -0.4 is 0 Å². The van der Waals surface area contributed by atoms with Crippen LogP contribution in [0.25, 0.3) is 11.3 Å². The molecule has 128 valence electrons. The predicted octanol–water partition coefficient (Wildman–Crippen LogP) is 4.80. The molecular weight excluding hydrogens is 336 g/mol. The predicted molar refractivity (Wildman–Crippen MR) is 102 cm³/mol. The fourth-order valence-corrected chi connectivity index (χ4v) is 5.41. The molecule has 3 rings (SSSR count). The molecule has 3 nitrogen and oxygen atoms in total. The molecule has 0 radical (unpaired) electrons. The number of amides is 1. The van der Waals surface area contributed by atoms with Crippen molar-refractivity contribution in [1.29, 1.82) is 0 Å². The van der Waals surface area contributed by atoms with Crippen molar-refractivity contribution in [2.75, 3.05) is 13.1 Å². The fraction of sp³-hybridized carbons (Fsp3) is 0.474. The summed E-state index contributed by atoms with van der Waals surface area (Å²) in [5, 5.41) is 1.98. The summed E-state index contributed by atoms with van der Waals surface area (Å²) in [7, 11) is 0. The number of aromatic nitrogens is 1. The molecule has 5 heteroatoms. The maximum Gasteiger partial charge on any atom is 0.235 e. The Hall–Kier alpha value is -1.33. The van der Waals surface area contributed by atoms with Crippen molar-refractivity contribution in [1.82, 2.24) is 9.88 Å². The van der Waals surface area contributed by atoms with E-state index in [1.807, 2.05) is 30.0 Å². The summed E-state index contributed by atoms with van der Waals surface area (Å²) in [4.78, 5) is 19.5. The molecule has 1 aliphatic heterocycles. The smallest absolute Gasteiger partial charge is 0.235 e. The highest BCUT2D eigenvalue weighted by molar-refractivity contribution is 8.02. The van der Waals surface area contributed by atoms with E-state index >= 15 is 0 Å². The van der Waals surface area contributed by atoms with Crippen molar-refractivity contribution in [3.63, 3.8) is 0 Å². The van der Waals surface area contributed by atoms with Crippen molar-refractivity contribution < 1.29 is 4.79 Å². The summed E-state index contributed by atoms with van der Waals surface area (Å²) in [5.74, 6) is 1.44. The molecule has 2 aromatic rings. The number of carbonyl (C=O) groups is 1. The Morgan fingerprint density at radius 3 is 2.58 bits per heavy atom. The third-order valence-corrected chi connectivity index (χ3v) is 6.42. The highest BCUT2D eigenvalue weighted by atomic mass is 32.2. The van der Waals surface area contributed by atoms with Crippen LogP contribution in [0.4, 0.5) is 0 Å². The highest BCUT2D eigenvalue weighted by Gasteiger charge is 2.29. The number of likely N-dealkylation sites (tertiary alicyclic amines) is 1. The first-order chi connectivity index (χ1) is 11.5. The number of carbonyl (C=O) groups excluding carboxylic acids is 1. The maximum absolute atomic E-state index is 12.8. The van der Waals surface area contributed by atoms with E-state index in [0.717, 1.165) is 28.7 Å². The normalized spacial score (nSPS) is 22.4. The van der Waals surface area contributed by atoms with Crippen molar-refractivity contribution in [2.45, 2.75) is 36.8 Å². The van der Waals surface area contributed by atoms with Crippen molar-refractivity contribution in [3.8, 4) is 11.3 Å². The van der Waals surface area contributed by atoms with Crippen LogP contribution in [0.2, 0.25) is 0 Å². The molecule has 3 atom stereocenters. The molecule has 1 saturated heterocycles. The van der Waals surface area contributed by atoms with Crippen molar-refractivity contribution >= 4 is 29.0 Å². The molecule has 0 aliphatic carbocycles. The zero-order valence-corrected chi connectivity index (χ0v) is 16.1. The number of benzene rings is 1. The van der Waals surface area contributed by atoms with Crippen LogP contribution in [0.3, 0.4) is 0 Å². The van der Waals surface area contributed by atoms with E-state index in [4.69, 9.17) is 0 Å². The lowest BCUT2D eigenvalue weighted by molar-refractivity contribution is -0.132. The summed E-state index contributed by atoms with van der Waals surface area (Å²) in [5.41, 5.74) is 2.11. The van der Waals surface area contributed by atoms with Gasteiger partial charge in [-0.25, -0.2) is 4.98 Å². The molecule has 0 saturated carbocycles. The zero-order valence-electron chi connectivity index (χ0n) is 14.4. The molecule has 1 aliphatic rings. The van der Waals surface area contributed by atoms with E-state index in [9.17, 15) is 4.79 Å². The number of thioether (sulfide) groups is 1. The molecule has 24 heavy (non-hydrogen) atoms. The summed E-state index contributed by atoms with van der Waals surface area (Å²) >= 11 is 3.20. The Morgan fingerprint density at radius 2 is 1.92 bits per heavy atom. The first-order valence-corrected chi connectivity index (χ1v) is 10.2. The lowest BCUT2D eigenvalue weighted by Crippen LogP contribution is -2.45. The standard InChI is InChI=1S/C19H24N2OS2/c1-13-9-14(2)11-21(10-13)18(22)15(3)24-19-20-17(12-23-19)16-7-5-4-6-8-16/h4-8,12-15H,9-11H2,1-3H3. The summed E-state index contributed by atoms with van der Waals surface area (Å²) < 4.78 is 0.966. The lowest BCUT2D eigenvalue weighted by atomic mass is 9.92. The van der Waals surface area contributed by atoms with Gasteiger partial charge in [0.25, 0.3) is 0 Å². The fourth-order valence-electron chi connectivity index (χ4n) is 3.35. The van der Waals surface area contributed by atoms with Gasteiger partial charge in [-0.05, 0) is 25.2 Å². The van der Waals surface area contributed by atoms with Gasteiger partial charge in [-0.1, -0.05) is 55.9 Å². The van der Waals surface area contributed by atoms with Crippen LogP contribution in [-0.2, 0) is 4.79 Å². The van der Waals surface area contributed by atoms with E-state index in [2.05, 4.69) is 36.3 Å². The zero-order chi connectivity index (χ0) is 17.1. The van der Waals surface area contributed by atoms with Gasteiger partial charge in [-0.15, -0.1) is 11.3 Å². The number of nitrogens with zero attached hydrogens (tertiary/aromatic N) is 2. The van der Waals surface area contributed by atoms with E-state index < -0.39 is 0 Å². The Morgan fingerprint density at radius 1 is 1.25 bits per heavy atom. The molecule has 1 fully saturated rings. The van der Waals surface area contributed by atoms with Gasteiger partial charge in [0.15, 0.2) is 4.34 Å². The third-order valence-electron chi connectivity index (χ3n) is 4.36. The Labute approximate surface area is 152 Å². The van der Waals surface area contributed by atoms with Gasteiger partial charge in [0, 0.05) is 24.0 Å². The van der Waals surface area contributed by atoms with Crippen LogP contribution >= 0.6 is 23.1 Å². The van der Waals surface area contributed by atoms with Crippen LogP contribution in [-0.4, -0.2) is 34.1 Å². The minimum atomic E-state index is -0.0859. The van der Waals surface area contributed by atoms with Gasteiger partial charge < -0.3 is 4.90 Å². The van der Waals surface area contributed by atoms with Gasteiger partial charge in [-0.2, -0.15) is 0 Å². The van der Waals surface area contributed by atoms with Crippen molar-refractivity contribution in [3.05, 3.63) is 35.7 Å². The number of thiazole rings is 1. The minimum Gasteiger partial charge on any atom is -0.341 e. The topological polar surface area (TPSA) is 33.2 Å². The summed E-state index contributed by atoms with van der Waals surface area (Å²) in [6, 6.07) is 10.2. The van der Waals surface area contributed by atoms with Crippen LogP contribution in [0.5, 0.6) is 0 Å². The molecule has 0 N–H and O–H groups in total. The molecule has 1 aromatic heterocycles. The van der Waals surface area contributed by atoms with Gasteiger partial charge in [0.1, 0.15) is 0 Å². The summed E-state index contributed by atoms with van der Waals surface area (Å²) in [6.45, 7) is 8.25. The second kappa shape index (κ2) is 7.70. The average Bonchev–Trinajstić information content (AvgIpc) is 3.02. The van der Waals surface area contributed by atoms with Crippen LogP contribution in [0.1, 0.15) is 27.2 Å². The Bertz CT molecular complexity index is 676. The largest absolute Gasteiger partial charge is 0.341 e. The number of hydrogen-bond acceptors (Lipinski definition) is 4. The molecule has 0 bridgehead atoms. The van der Waals surface area contributed by atoms with Crippen LogP contribution in [0, 0.1) is 11.8 Å². The van der Waals surface area contributed by atoms with E-state index in [1.54, 1.807) is 23.1 Å². The van der Waals surface area contributed by atoms with Gasteiger partial charge in [-0.3, -0.25) is 4.79 Å². The van der Waals surface area contributed by atoms with Gasteiger partial charge in [0.2, 0.25) is 5.91 Å². The van der Waals surface area contributed by atoms with E-state index in [-0.39, 0.29) is 11.2 Å². The van der Waals surface area contributed by atoms with E-state index in [0.29, 0.717) is 11.8 Å². The minimum absolute atomic E-state index is 0.0859. The third kappa shape index (κ3) is 4.19. The number of rotatable bonds is 4. The monoisotopic (exact) mass is 360 g/mol. The molecule has 3 unspecified atom stereocenters. The van der Waals surface area contributed by atoms with E-state index in [1.165, 1.54) is 6.42 Å². The second-order valence-corrected chi connectivity index (χ2v) is 9.26. The lowest BCUT2D eigenvalue weighted by Gasteiger charge is -2.36. The Kier molecular flexibility index (Phi) is 5.61. The van der Waals surface area contributed by atoms with Gasteiger partial charge in [0.05, 0.1) is 10.9 Å². The molecule has 0 spiro atoms. The highest BCUT2D eigenvalue weighted by Crippen LogP contribution is 2.32. The van der Waals surface area contributed by atoms with Crippen molar-refractivity contribution in [2.24, 2.45) is 11.8 Å². The second-order valence-electron chi connectivity index (χ2n) is 6.81. The molecular formula is C19H24N2OS2. The molecule has 1 aromatic carbocycles. The average molecular weight is 361 g/mol. The summed E-state index contributed by atoms with van der Waals surface area (Å²) in [6.07, 6.45) is 1.22. The van der Waals surface area contributed by atoms with Crippen LogP contribution in [0.15, 0.2) is 40.1 Å². The number of piperidine rings is 1. The SMILES string of the molecule is CC1CC(C)CN(C(=O)C(C)Sc2nc(-c3ccccc3)cs2)C1. The number of hydrogen-bond donors (Lipinski definition) is 0. The quantitative estimate of drug-likeness (QED) is 0.735. The Balaban J connectivity index is 1.63. The van der Waals surface area contributed by atoms with Gasteiger partial charge >= 0.3 is 0 Å². The molecule has 1 amide bonds. The first kappa shape index (κ1) is 17.5.